The van der Waals surface area contributed by atoms with Crippen molar-refractivity contribution in [2.75, 3.05) is 26.5 Å². The van der Waals surface area contributed by atoms with Gasteiger partial charge in [-0.25, -0.2) is 13.1 Å². The minimum Gasteiger partial charge on any atom is -0.496 e. The van der Waals surface area contributed by atoms with Crippen LogP contribution in [0.1, 0.15) is 25.0 Å². The van der Waals surface area contributed by atoms with E-state index in [1.807, 2.05) is 31.2 Å². The second kappa shape index (κ2) is 7.47. The molecule has 1 aromatic rings. The zero-order valence-corrected chi connectivity index (χ0v) is 12.4. The van der Waals surface area contributed by atoms with Crippen LogP contribution in [0, 0.1) is 0 Å². The number of ether oxygens (including phenoxy) is 2. The van der Waals surface area contributed by atoms with Gasteiger partial charge >= 0.3 is 0 Å². The Bertz CT molecular complexity index is 487. The predicted molar refractivity (Wildman–Crippen MR) is 74.8 cm³/mol. The third-order valence-corrected chi connectivity index (χ3v) is 4.28. The van der Waals surface area contributed by atoms with Crippen LogP contribution >= 0.6 is 0 Å². The quantitative estimate of drug-likeness (QED) is 0.790. The number of benzene rings is 1. The highest BCUT2D eigenvalue weighted by Crippen LogP contribution is 2.26. The van der Waals surface area contributed by atoms with E-state index in [0.29, 0.717) is 12.2 Å². The van der Waals surface area contributed by atoms with Crippen molar-refractivity contribution in [3.63, 3.8) is 0 Å². The Morgan fingerprint density at radius 2 is 1.95 bits per heavy atom. The first-order valence-electron chi connectivity index (χ1n) is 6.17. The molecular weight excluding hydrogens is 266 g/mol. The first-order valence-corrected chi connectivity index (χ1v) is 7.82. The molecule has 0 aliphatic rings. The lowest BCUT2D eigenvalue weighted by atomic mass is 10.1. The first-order chi connectivity index (χ1) is 9.04. The summed E-state index contributed by atoms with van der Waals surface area (Å²) in [5, 5.41) is 0. The zero-order chi connectivity index (χ0) is 14.3. The van der Waals surface area contributed by atoms with E-state index in [2.05, 4.69) is 4.72 Å². The number of hydrogen-bond donors (Lipinski definition) is 1. The molecule has 0 amide bonds. The van der Waals surface area contributed by atoms with Gasteiger partial charge in [0, 0.05) is 19.2 Å². The van der Waals surface area contributed by atoms with E-state index < -0.39 is 10.0 Å². The van der Waals surface area contributed by atoms with E-state index in [1.54, 1.807) is 14.2 Å². The lowest BCUT2D eigenvalue weighted by molar-refractivity contribution is 0.105. The Kier molecular flexibility index (Phi) is 6.27. The third-order valence-electron chi connectivity index (χ3n) is 2.73. The van der Waals surface area contributed by atoms with Gasteiger partial charge < -0.3 is 9.47 Å². The van der Waals surface area contributed by atoms with Gasteiger partial charge in [0.1, 0.15) is 5.75 Å². The Balaban J connectivity index is 2.79. The standard InChI is InChI=1S/C13H21NO4S/c1-4-9-19(15,16)14-10-13(18-3)11-7-5-6-8-12(11)17-2/h5-8,13-14H,4,9-10H2,1-3H3. The molecule has 1 atom stereocenters. The fourth-order valence-corrected chi connectivity index (χ4v) is 2.88. The van der Waals surface area contributed by atoms with E-state index in [4.69, 9.17) is 9.47 Å². The minimum atomic E-state index is -3.24. The van der Waals surface area contributed by atoms with E-state index in [0.717, 1.165) is 5.56 Å². The van der Waals surface area contributed by atoms with Gasteiger partial charge in [-0.1, -0.05) is 25.1 Å². The highest BCUT2D eigenvalue weighted by atomic mass is 32.2. The van der Waals surface area contributed by atoms with Crippen molar-refractivity contribution in [1.82, 2.24) is 4.72 Å². The summed E-state index contributed by atoms with van der Waals surface area (Å²) in [6.07, 6.45) is 0.213. The van der Waals surface area contributed by atoms with E-state index >= 15 is 0 Å². The molecule has 0 bridgehead atoms. The fraction of sp³-hybridized carbons (Fsp3) is 0.538. The van der Waals surface area contributed by atoms with E-state index in [9.17, 15) is 8.42 Å². The van der Waals surface area contributed by atoms with Gasteiger partial charge in [-0.05, 0) is 12.5 Å². The largest absolute Gasteiger partial charge is 0.496 e. The third kappa shape index (κ3) is 4.81. The number of sulfonamides is 1. The normalized spacial score (nSPS) is 13.2. The molecular formula is C13H21NO4S. The highest BCUT2D eigenvalue weighted by Gasteiger charge is 2.18. The van der Waals surface area contributed by atoms with E-state index in [-0.39, 0.29) is 18.4 Å². The highest BCUT2D eigenvalue weighted by molar-refractivity contribution is 7.89. The van der Waals surface area contributed by atoms with Crippen molar-refractivity contribution in [3.05, 3.63) is 29.8 Å². The maximum absolute atomic E-state index is 11.6. The Morgan fingerprint density at radius 3 is 2.53 bits per heavy atom. The van der Waals surface area contributed by atoms with Crippen LogP contribution in [-0.4, -0.2) is 34.9 Å². The van der Waals surface area contributed by atoms with Gasteiger partial charge in [0.25, 0.3) is 0 Å². The maximum Gasteiger partial charge on any atom is 0.211 e. The summed E-state index contributed by atoms with van der Waals surface area (Å²) >= 11 is 0. The van der Waals surface area contributed by atoms with Crippen LogP contribution in [0.15, 0.2) is 24.3 Å². The summed E-state index contributed by atoms with van der Waals surface area (Å²) in [6, 6.07) is 7.41. The molecule has 0 saturated carbocycles. The van der Waals surface area contributed by atoms with Gasteiger partial charge in [-0.2, -0.15) is 0 Å². The SMILES string of the molecule is CCCS(=O)(=O)NCC(OC)c1ccccc1OC. The van der Waals surface area contributed by atoms with Gasteiger partial charge in [-0.15, -0.1) is 0 Å². The lowest BCUT2D eigenvalue weighted by Gasteiger charge is -2.19. The smallest absolute Gasteiger partial charge is 0.211 e. The van der Waals surface area contributed by atoms with Crippen molar-refractivity contribution in [2.45, 2.75) is 19.4 Å². The van der Waals surface area contributed by atoms with Gasteiger partial charge in [0.2, 0.25) is 10.0 Å². The predicted octanol–water partition coefficient (Wildman–Crippen LogP) is 1.71. The Morgan fingerprint density at radius 1 is 1.26 bits per heavy atom. The monoisotopic (exact) mass is 287 g/mol. The minimum absolute atomic E-state index is 0.120. The molecule has 0 aromatic heterocycles. The first kappa shape index (κ1) is 15.9. The van der Waals surface area contributed by atoms with Crippen LogP contribution < -0.4 is 9.46 Å². The summed E-state index contributed by atoms with van der Waals surface area (Å²) in [5.41, 5.74) is 0.826. The Labute approximate surface area is 115 Å². The van der Waals surface area contributed by atoms with Crippen molar-refractivity contribution >= 4 is 10.0 Å². The molecule has 0 heterocycles. The molecule has 6 heteroatoms. The molecule has 0 fully saturated rings. The van der Waals surface area contributed by atoms with Gasteiger partial charge in [-0.3, -0.25) is 0 Å². The summed E-state index contributed by atoms with van der Waals surface area (Å²) in [7, 11) is -0.112. The number of rotatable bonds is 8. The fourth-order valence-electron chi connectivity index (χ4n) is 1.80. The van der Waals surface area contributed by atoms with Crippen LogP contribution in [0.3, 0.4) is 0 Å². The van der Waals surface area contributed by atoms with Crippen molar-refractivity contribution in [1.29, 1.82) is 0 Å². The molecule has 108 valence electrons. The van der Waals surface area contributed by atoms with Crippen LogP contribution in [0.25, 0.3) is 0 Å². The second-order valence-corrected chi connectivity index (χ2v) is 6.06. The van der Waals surface area contributed by atoms with E-state index in [1.165, 1.54) is 0 Å². The number of nitrogens with one attached hydrogen (secondary N) is 1. The molecule has 19 heavy (non-hydrogen) atoms. The summed E-state index contributed by atoms with van der Waals surface area (Å²) in [6.45, 7) is 2.02. The lowest BCUT2D eigenvalue weighted by Crippen LogP contribution is -2.31. The zero-order valence-electron chi connectivity index (χ0n) is 11.5. The molecule has 0 spiro atoms. The number of hydrogen-bond acceptors (Lipinski definition) is 4. The topological polar surface area (TPSA) is 64.6 Å². The molecule has 1 rings (SSSR count). The molecule has 0 saturated heterocycles. The van der Waals surface area contributed by atoms with Gasteiger partial charge in [0.15, 0.2) is 0 Å². The van der Waals surface area contributed by atoms with Crippen molar-refractivity contribution < 1.29 is 17.9 Å². The van der Waals surface area contributed by atoms with Crippen LogP contribution in [-0.2, 0) is 14.8 Å². The molecule has 0 aliphatic carbocycles. The molecule has 1 N–H and O–H groups in total. The number of methoxy groups -OCH3 is 2. The molecule has 0 radical (unpaired) electrons. The van der Waals surface area contributed by atoms with Gasteiger partial charge in [0.05, 0.1) is 19.0 Å². The number of para-hydroxylation sites is 1. The summed E-state index contributed by atoms with van der Waals surface area (Å²) in [4.78, 5) is 0. The van der Waals surface area contributed by atoms with Crippen molar-refractivity contribution in [2.24, 2.45) is 0 Å². The average Bonchev–Trinajstić information content (AvgIpc) is 2.39. The second-order valence-electron chi connectivity index (χ2n) is 4.13. The molecule has 5 nitrogen and oxygen atoms in total. The van der Waals surface area contributed by atoms with Crippen LogP contribution in [0.5, 0.6) is 5.75 Å². The average molecular weight is 287 g/mol. The molecule has 1 unspecified atom stereocenters. The Hall–Kier alpha value is -1.11. The summed E-state index contributed by atoms with van der Waals surface area (Å²) < 4.78 is 36.4. The molecule has 1 aromatic carbocycles. The summed E-state index contributed by atoms with van der Waals surface area (Å²) in [5.74, 6) is 0.805. The van der Waals surface area contributed by atoms with Crippen LogP contribution in [0.4, 0.5) is 0 Å². The maximum atomic E-state index is 11.6. The van der Waals surface area contributed by atoms with Crippen molar-refractivity contribution in [3.8, 4) is 5.75 Å². The van der Waals surface area contributed by atoms with Crippen LogP contribution in [0.2, 0.25) is 0 Å². The molecule has 0 aliphatic heterocycles.